The third-order valence-corrected chi connectivity index (χ3v) is 4.24. The summed E-state index contributed by atoms with van der Waals surface area (Å²) in [6.45, 7) is 4.48. The van der Waals surface area contributed by atoms with Crippen LogP contribution in [-0.2, 0) is 14.3 Å². The van der Waals surface area contributed by atoms with Crippen LogP contribution in [0.15, 0.2) is 0 Å². The van der Waals surface area contributed by atoms with Gasteiger partial charge in [0, 0.05) is 26.1 Å². The highest BCUT2D eigenvalue weighted by molar-refractivity contribution is 5.90. The standard InChI is InChI=1S/C14H24N2O3/c1-9(2)13-14(18)16(7-6-12(17)15-13)10-4-5-11(8-10)19-3/h9-11,13H,4-8H2,1-3H3,(H,15,17). The fourth-order valence-electron chi connectivity index (χ4n) is 3.05. The highest BCUT2D eigenvalue weighted by Gasteiger charge is 2.38. The molecule has 1 heterocycles. The van der Waals surface area contributed by atoms with Gasteiger partial charge in [0.15, 0.2) is 0 Å². The summed E-state index contributed by atoms with van der Waals surface area (Å²) in [6.07, 6.45) is 3.52. The molecule has 0 radical (unpaired) electrons. The van der Waals surface area contributed by atoms with Gasteiger partial charge < -0.3 is 15.0 Å². The largest absolute Gasteiger partial charge is 0.381 e. The molecule has 2 aliphatic rings. The predicted molar refractivity (Wildman–Crippen MR) is 71.5 cm³/mol. The van der Waals surface area contributed by atoms with Gasteiger partial charge in [-0.15, -0.1) is 0 Å². The van der Waals surface area contributed by atoms with Crippen LogP contribution >= 0.6 is 0 Å². The van der Waals surface area contributed by atoms with Crippen molar-refractivity contribution in [3.63, 3.8) is 0 Å². The van der Waals surface area contributed by atoms with Crippen LogP contribution in [0.1, 0.15) is 39.5 Å². The molecule has 1 saturated carbocycles. The summed E-state index contributed by atoms with van der Waals surface area (Å²) in [5.74, 6) is 0.176. The molecule has 0 spiro atoms. The Hall–Kier alpha value is -1.10. The van der Waals surface area contributed by atoms with Gasteiger partial charge in [-0.2, -0.15) is 0 Å². The molecule has 0 aromatic heterocycles. The van der Waals surface area contributed by atoms with Crippen molar-refractivity contribution >= 4 is 11.8 Å². The smallest absolute Gasteiger partial charge is 0.245 e. The van der Waals surface area contributed by atoms with E-state index in [1.165, 1.54) is 0 Å². The Bertz CT molecular complexity index is 357. The van der Waals surface area contributed by atoms with E-state index in [1.807, 2.05) is 18.7 Å². The van der Waals surface area contributed by atoms with Crippen molar-refractivity contribution in [2.45, 2.75) is 57.7 Å². The van der Waals surface area contributed by atoms with Crippen molar-refractivity contribution in [2.24, 2.45) is 5.92 Å². The molecule has 108 valence electrons. The van der Waals surface area contributed by atoms with Crippen LogP contribution in [0.4, 0.5) is 0 Å². The SMILES string of the molecule is COC1CCC(N2CCC(=O)NC(C(C)C)C2=O)C1. The van der Waals surface area contributed by atoms with Crippen LogP contribution in [0.2, 0.25) is 0 Å². The molecule has 1 aliphatic heterocycles. The summed E-state index contributed by atoms with van der Waals surface area (Å²) in [5.41, 5.74) is 0. The number of carbonyl (C=O) groups is 2. The number of methoxy groups -OCH3 is 1. The maximum absolute atomic E-state index is 12.6. The average molecular weight is 268 g/mol. The third-order valence-electron chi connectivity index (χ3n) is 4.24. The second-order valence-electron chi connectivity index (χ2n) is 5.90. The van der Waals surface area contributed by atoms with Gasteiger partial charge in [0.1, 0.15) is 6.04 Å². The molecule has 2 amide bonds. The maximum Gasteiger partial charge on any atom is 0.245 e. The van der Waals surface area contributed by atoms with Crippen LogP contribution in [0.3, 0.4) is 0 Å². The van der Waals surface area contributed by atoms with Gasteiger partial charge in [0.05, 0.1) is 6.10 Å². The van der Waals surface area contributed by atoms with Crippen molar-refractivity contribution in [2.75, 3.05) is 13.7 Å². The molecule has 0 aromatic carbocycles. The number of carbonyl (C=O) groups excluding carboxylic acids is 2. The molecule has 0 bridgehead atoms. The Morgan fingerprint density at radius 1 is 1.32 bits per heavy atom. The first-order valence-electron chi connectivity index (χ1n) is 7.15. The number of ether oxygens (including phenoxy) is 1. The van der Waals surface area contributed by atoms with Crippen LogP contribution in [0, 0.1) is 5.92 Å². The molecule has 3 atom stereocenters. The van der Waals surface area contributed by atoms with E-state index in [0.29, 0.717) is 13.0 Å². The van der Waals surface area contributed by atoms with E-state index in [-0.39, 0.29) is 35.9 Å². The lowest BCUT2D eigenvalue weighted by Gasteiger charge is -2.31. The minimum absolute atomic E-state index is 0.0177. The van der Waals surface area contributed by atoms with E-state index in [0.717, 1.165) is 19.3 Å². The first-order chi connectivity index (χ1) is 9.02. The first kappa shape index (κ1) is 14.3. The number of rotatable bonds is 3. The minimum Gasteiger partial charge on any atom is -0.381 e. The van der Waals surface area contributed by atoms with Crippen molar-refractivity contribution in [3.8, 4) is 0 Å². The summed E-state index contributed by atoms with van der Waals surface area (Å²) < 4.78 is 5.37. The lowest BCUT2D eigenvalue weighted by atomic mass is 10.0. The van der Waals surface area contributed by atoms with E-state index >= 15 is 0 Å². The molecule has 1 N–H and O–H groups in total. The molecule has 1 saturated heterocycles. The van der Waals surface area contributed by atoms with E-state index in [4.69, 9.17) is 4.74 Å². The number of amides is 2. The van der Waals surface area contributed by atoms with Gasteiger partial charge in [0.25, 0.3) is 0 Å². The molecule has 2 rings (SSSR count). The average Bonchev–Trinajstić information content (AvgIpc) is 2.78. The zero-order valence-corrected chi connectivity index (χ0v) is 12.0. The molecule has 5 heteroatoms. The first-order valence-corrected chi connectivity index (χ1v) is 7.15. The number of nitrogens with one attached hydrogen (secondary N) is 1. The molecule has 19 heavy (non-hydrogen) atoms. The molecule has 0 aromatic rings. The second-order valence-corrected chi connectivity index (χ2v) is 5.90. The van der Waals surface area contributed by atoms with Gasteiger partial charge >= 0.3 is 0 Å². The zero-order valence-electron chi connectivity index (χ0n) is 12.0. The summed E-state index contributed by atoms with van der Waals surface area (Å²) in [4.78, 5) is 26.2. The Morgan fingerprint density at radius 3 is 2.63 bits per heavy atom. The Morgan fingerprint density at radius 2 is 2.05 bits per heavy atom. The highest BCUT2D eigenvalue weighted by atomic mass is 16.5. The lowest BCUT2D eigenvalue weighted by molar-refractivity contribution is -0.136. The Labute approximate surface area is 114 Å². The third kappa shape index (κ3) is 3.08. The summed E-state index contributed by atoms with van der Waals surface area (Å²) in [5, 5.41) is 2.85. The van der Waals surface area contributed by atoms with Gasteiger partial charge in [0.2, 0.25) is 11.8 Å². The van der Waals surface area contributed by atoms with E-state index in [9.17, 15) is 9.59 Å². The van der Waals surface area contributed by atoms with Crippen molar-refractivity contribution in [3.05, 3.63) is 0 Å². The quantitative estimate of drug-likeness (QED) is 0.828. The summed E-state index contributed by atoms with van der Waals surface area (Å²) in [6, 6.07) is -0.150. The second kappa shape index (κ2) is 5.90. The van der Waals surface area contributed by atoms with E-state index < -0.39 is 0 Å². The number of hydrogen-bond donors (Lipinski definition) is 1. The van der Waals surface area contributed by atoms with Crippen LogP contribution in [-0.4, -0.2) is 48.6 Å². The van der Waals surface area contributed by atoms with Gasteiger partial charge in [-0.25, -0.2) is 0 Å². The fourth-order valence-corrected chi connectivity index (χ4v) is 3.05. The monoisotopic (exact) mass is 268 g/mol. The minimum atomic E-state index is -0.378. The molecule has 3 unspecified atom stereocenters. The Kier molecular flexibility index (Phi) is 4.45. The lowest BCUT2D eigenvalue weighted by Crippen LogP contribution is -2.50. The maximum atomic E-state index is 12.6. The fraction of sp³-hybridized carbons (Fsp3) is 0.857. The van der Waals surface area contributed by atoms with Crippen molar-refractivity contribution < 1.29 is 14.3 Å². The topological polar surface area (TPSA) is 58.6 Å². The normalized spacial score (nSPS) is 32.6. The molecular formula is C14H24N2O3. The van der Waals surface area contributed by atoms with Gasteiger partial charge in [-0.1, -0.05) is 13.8 Å². The van der Waals surface area contributed by atoms with Crippen molar-refractivity contribution in [1.29, 1.82) is 0 Å². The van der Waals surface area contributed by atoms with Crippen LogP contribution < -0.4 is 5.32 Å². The number of hydrogen-bond acceptors (Lipinski definition) is 3. The van der Waals surface area contributed by atoms with Crippen LogP contribution in [0.25, 0.3) is 0 Å². The molecular weight excluding hydrogens is 244 g/mol. The van der Waals surface area contributed by atoms with E-state index in [1.54, 1.807) is 7.11 Å². The van der Waals surface area contributed by atoms with Gasteiger partial charge in [-0.3, -0.25) is 9.59 Å². The molecule has 1 aliphatic carbocycles. The number of nitrogens with zero attached hydrogens (tertiary/aromatic N) is 1. The van der Waals surface area contributed by atoms with E-state index in [2.05, 4.69) is 5.32 Å². The molecule has 5 nitrogen and oxygen atoms in total. The molecule has 2 fully saturated rings. The zero-order chi connectivity index (χ0) is 14.0. The highest BCUT2D eigenvalue weighted by Crippen LogP contribution is 2.28. The van der Waals surface area contributed by atoms with Crippen molar-refractivity contribution in [1.82, 2.24) is 10.2 Å². The summed E-state index contributed by atoms with van der Waals surface area (Å²) >= 11 is 0. The summed E-state index contributed by atoms with van der Waals surface area (Å²) in [7, 11) is 1.72. The predicted octanol–water partition coefficient (Wildman–Crippen LogP) is 0.927. The van der Waals surface area contributed by atoms with Crippen LogP contribution in [0.5, 0.6) is 0 Å². The Balaban J connectivity index is 2.10. The van der Waals surface area contributed by atoms with Gasteiger partial charge in [-0.05, 0) is 25.2 Å².